The Balaban J connectivity index is 1.97. The molecule has 1 aromatic rings. The lowest BCUT2D eigenvalue weighted by atomic mass is 10.2. The summed E-state index contributed by atoms with van der Waals surface area (Å²) in [6.45, 7) is 1.35. The number of nitrogens with one attached hydrogen (secondary N) is 1. The second kappa shape index (κ2) is 5.51. The third-order valence-corrected chi connectivity index (χ3v) is 3.67. The van der Waals surface area contributed by atoms with Gasteiger partial charge in [-0.05, 0) is 40.9 Å². The fraction of sp³-hybridized carbons (Fsp3) is 0.417. The van der Waals surface area contributed by atoms with Crippen molar-refractivity contribution in [3.05, 3.63) is 28.2 Å². The maximum atomic E-state index is 11.9. The highest BCUT2D eigenvalue weighted by molar-refractivity contribution is 9.10. The van der Waals surface area contributed by atoms with E-state index in [2.05, 4.69) is 21.2 Å². The van der Waals surface area contributed by atoms with Crippen molar-refractivity contribution in [1.82, 2.24) is 5.32 Å². The van der Waals surface area contributed by atoms with Crippen LogP contribution in [0.5, 0.6) is 0 Å². The summed E-state index contributed by atoms with van der Waals surface area (Å²) in [4.78, 5) is 11.9. The van der Waals surface area contributed by atoms with Crippen LogP contribution in [0, 0.1) is 0 Å². The molecule has 3 N–H and O–H groups in total. The Labute approximate surface area is 109 Å². The number of halogens is 1. The van der Waals surface area contributed by atoms with Crippen molar-refractivity contribution in [1.29, 1.82) is 0 Å². The van der Waals surface area contributed by atoms with Crippen molar-refractivity contribution in [2.45, 2.75) is 18.9 Å². The number of carbonyl (C=O) groups excluding carboxylic acids is 1. The first-order valence-corrected chi connectivity index (χ1v) is 6.41. The fourth-order valence-electron chi connectivity index (χ4n) is 1.83. The molecule has 1 saturated heterocycles. The topological polar surface area (TPSA) is 64.4 Å². The van der Waals surface area contributed by atoms with E-state index in [1.165, 1.54) is 0 Å². The zero-order chi connectivity index (χ0) is 12.3. The van der Waals surface area contributed by atoms with Gasteiger partial charge in [0.15, 0.2) is 0 Å². The summed E-state index contributed by atoms with van der Waals surface area (Å²) in [6.07, 6.45) is 2.24. The average molecular weight is 299 g/mol. The van der Waals surface area contributed by atoms with Gasteiger partial charge in [0.25, 0.3) is 5.91 Å². The van der Waals surface area contributed by atoms with Gasteiger partial charge in [-0.1, -0.05) is 6.07 Å². The van der Waals surface area contributed by atoms with Crippen LogP contribution in [0.3, 0.4) is 0 Å². The molecule has 92 valence electrons. The van der Waals surface area contributed by atoms with Crippen molar-refractivity contribution >= 4 is 27.5 Å². The number of nitrogen functional groups attached to an aromatic ring is 1. The van der Waals surface area contributed by atoms with Crippen molar-refractivity contribution in [2.24, 2.45) is 0 Å². The van der Waals surface area contributed by atoms with Crippen LogP contribution in [0.25, 0.3) is 0 Å². The monoisotopic (exact) mass is 298 g/mol. The molecule has 0 saturated carbocycles. The number of benzene rings is 1. The molecule has 4 nitrogen and oxygen atoms in total. The van der Waals surface area contributed by atoms with Crippen LogP contribution in [0.2, 0.25) is 0 Å². The molecule has 17 heavy (non-hydrogen) atoms. The van der Waals surface area contributed by atoms with Gasteiger partial charge >= 0.3 is 0 Å². The van der Waals surface area contributed by atoms with Crippen molar-refractivity contribution < 1.29 is 9.53 Å². The van der Waals surface area contributed by atoms with Gasteiger partial charge < -0.3 is 15.8 Å². The molecule has 0 aromatic heterocycles. The second-order valence-corrected chi connectivity index (χ2v) is 4.85. The van der Waals surface area contributed by atoms with Crippen molar-refractivity contribution in [3.8, 4) is 0 Å². The SMILES string of the molecule is Nc1cccc(C(=O)NCC2CCCO2)c1Br. The van der Waals surface area contributed by atoms with E-state index in [0.717, 1.165) is 19.4 Å². The zero-order valence-electron chi connectivity index (χ0n) is 9.41. The molecule has 0 aliphatic carbocycles. The van der Waals surface area contributed by atoms with Crippen molar-refractivity contribution in [3.63, 3.8) is 0 Å². The van der Waals surface area contributed by atoms with Gasteiger partial charge in [-0.25, -0.2) is 0 Å². The summed E-state index contributed by atoms with van der Waals surface area (Å²) < 4.78 is 6.09. The predicted octanol–water partition coefficient (Wildman–Crippen LogP) is 1.94. The van der Waals surface area contributed by atoms with Crippen LogP contribution >= 0.6 is 15.9 Å². The van der Waals surface area contributed by atoms with Gasteiger partial charge in [-0.15, -0.1) is 0 Å². The Morgan fingerprint density at radius 1 is 1.59 bits per heavy atom. The first-order chi connectivity index (χ1) is 8.18. The van der Waals surface area contributed by atoms with Crippen LogP contribution in [0.4, 0.5) is 5.69 Å². The minimum Gasteiger partial charge on any atom is -0.398 e. The minimum atomic E-state index is -0.125. The molecule has 0 radical (unpaired) electrons. The number of amides is 1. The predicted molar refractivity (Wildman–Crippen MR) is 69.9 cm³/mol. The highest BCUT2D eigenvalue weighted by Crippen LogP contribution is 2.23. The molecular formula is C12H15BrN2O2. The number of hydrogen-bond acceptors (Lipinski definition) is 3. The summed E-state index contributed by atoms with van der Waals surface area (Å²) in [5, 5.41) is 2.86. The van der Waals surface area contributed by atoms with Gasteiger partial charge in [0.05, 0.1) is 16.1 Å². The Morgan fingerprint density at radius 2 is 2.41 bits per heavy atom. The van der Waals surface area contributed by atoms with Crippen LogP contribution < -0.4 is 11.1 Å². The molecule has 2 rings (SSSR count). The third-order valence-electron chi connectivity index (χ3n) is 2.79. The number of hydrogen-bond donors (Lipinski definition) is 2. The normalized spacial score (nSPS) is 19.2. The number of ether oxygens (including phenoxy) is 1. The largest absolute Gasteiger partial charge is 0.398 e. The van der Waals surface area contributed by atoms with Crippen molar-refractivity contribution in [2.75, 3.05) is 18.9 Å². The first-order valence-electron chi connectivity index (χ1n) is 5.62. The number of anilines is 1. The molecule has 1 unspecified atom stereocenters. The standard InChI is InChI=1S/C12H15BrN2O2/c13-11-9(4-1-5-10(11)14)12(16)15-7-8-3-2-6-17-8/h1,4-5,8H,2-3,6-7,14H2,(H,15,16). The van der Waals surface area contributed by atoms with E-state index < -0.39 is 0 Å². The van der Waals surface area contributed by atoms with E-state index in [9.17, 15) is 4.79 Å². The molecular weight excluding hydrogens is 284 g/mol. The van der Waals surface area contributed by atoms with Crippen LogP contribution in [-0.4, -0.2) is 25.2 Å². The fourth-order valence-corrected chi connectivity index (χ4v) is 2.28. The van der Waals surface area contributed by atoms with E-state index in [-0.39, 0.29) is 12.0 Å². The van der Waals surface area contributed by atoms with E-state index in [1.807, 2.05) is 0 Å². The summed E-state index contributed by atoms with van der Waals surface area (Å²) in [5.74, 6) is -0.125. The summed E-state index contributed by atoms with van der Waals surface area (Å²) >= 11 is 3.32. The van der Waals surface area contributed by atoms with E-state index in [1.54, 1.807) is 18.2 Å². The lowest BCUT2D eigenvalue weighted by Gasteiger charge is -2.12. The Hall–Kier alpha value is -1.07. The van der Waals surface area contributed by atoms with Crippen LogP contribution in [0.15, 0.2) is 22.7 Å². The van der Waals surface area contributed by atoms with Gasteiger partial charge in [-0.2, -0.15) is 0 Å². The summed E-state index contributed by atoms with van der Waals surface area (Å²) in [5.41, 5.74) is 6.85. The molecule has 1 amide bonds. The Kier molecular flexibility index (Phi) is 4.02. The van der Waals surface area contributed by atoms with E-state index in [4.69, 9.17) is 10.5 Å². The van der Waals surface area contributed by atoms with Gasteiger partial charge in [0.1, 0.15) is 0 Å². The third kappa shape index (κ3) is 2.98. The summed E-state index contributed by atoms with van der Waals surface area (Å²) in [7, 11) is 0. The van der Waals surface area contributed by atoms with E-state index >= 15 is 0 Å². The molecule has 1 aliphatic heterocycles. The molecule has 5 heteroatoms. The highest BCUT2D eigenvalue weighted by Gasteiger charge is 2.17. The first kappa shape index (κ1) is 12.4. The minimum absolute atomic E-state index is 0.125. The second-order valence-electron chi connectivity index (χ2n) is 4.05. The molecule has 0 spiro atoms. The van der Waals surface area contributed by atoms with Gasteiger partial charge in [-0.3, -0.25) is 4.79 Å². The number of rotatable bonds is 3. The smallest absolute Gasteiger partial charge is 0.252 e. The van der Waals surface area contributed by atoms with Crippen LogP contribution in [-0.2, 0) is 4.74 Å². The molecule has 0 bridgehead atoms. The number of carbonyl (C=O) groups is 1. The average Bonchev–Trinajstić information content (AvgIpc) is 2.82. The molecule has 1 atom stereocenters. The molecule has 1 heterocycles. The maximum absolute atomic E-state index is 11.9. The lowest BCUT2D eigenvalue weighted by molar-refractivity contribution is 0.0857. The van der Waals surface area contributed by atoms with Crippen LogP contribution in [0.1, 0.15) is 23.2 Å². The zero-order valence-corrected chi connectivity index (χ0v) is 11.0. The van der Waals surface area contributed by atoms with E-state index in [0.29, 0.717) is 22.3 Å². The quantitative estimate of drug-likeness (QED) is 0.838. The molecule has 1 aromatic carbocycles. The Morgan fingerprint density at radius 3 is 3.12 bits per heavy atom. The van der Waals surface area contributed by atoms with Gasteiger partial charge in [0, 0.05) is 18.8 Å². The Bertz CT molecular complexity index is 417. The highest BCUT2D eigenvalue weighted by atomic mass is 79.9. The molecule has 1 fully saturated rings. The summed E-state index contributed by atoms with van der Waals surface area (Å²) in [6, 6.07) is 5.26. The number of nitrogens with two attached hydrogens (primary N) is 1. The maximum Gasteiger partial charge on any atom is 0.252 e. The lowest BCUT2D eigenvalue weighted by Crippen LogP contribution is -2.32. The van der Waals surface area contributed by atoms with Gasteiger partial charge in [0.2, 0.25) is 0 Å². The molecule has 1 aliphatic rings.